The summed E-state index contributed by atoms with van der Waals surface area (Å²) in [7, 11) is 5.61. The number of hydrogen-bond acceptors (Lipinski definition) is 4. The Morgan fingerprint density at radius 3 is 2.68 bits per heavy atom. The fraction of sp³-hybridized carbons (Fsp3) is 0.308. The van der Waals surface area contributed by atoms with E-state index in [0.29, 0.717) is 17.3 Å². The number of hydrogen-bond donors (Lipinski definition) is 1. The molecule has 2 rings (SSSR count). The summed E-state index contributed by atoms with van der Waals surface area (Å²) in [6.45, 7) is 1.78. The molecule has 2 aromatic rings. The first-order valence-corrected chi connectivity index (χ1v) is 5.94. The number of nitrogens with one attached hydrogen (secondary N) is 1. The first-order chi connectivity index (χ1) is 8.97. The minimum Gasteiger partial charge on any atom is -0.378 e. The molecule has 0 saturated heterocycles. The van der Waals surface area contributed by atoms with E-state index in [2.05, 4.69) is 15.4 Å². The van der Waals surface area contributed by atoms with E-state index in [1.54, 1.807) is 24.7 Å². The standard InChI is InChI=1S/C13H17N5O/c1-9-14-13(18(4)16-9)15-12(19)10-6-5-7-11(8-10)17(2)3/h5-8H,1-4H3,(H,14,15,16,19). The topological polar surface area (TPSA) is 63.1 Å². The zero-order valence-corrected chi connectivity index (χ0v) is 11.5. The average molecular weight is 259 g/mol. The van der Waals surface area contributed by atoms with E-state index in [1.807, 2.05) is 37.2 Å². The van der Waals surface area contributed by atoms with Crippen molar-refractivity contribution in [2.24, 2.45) is 7.05 Å². The number of rotatable bonds is 3. The molecule has 1 amide bonds. The molecule has 0 fully saturated rings. The molecule has 0 atom stereocenters. The first-order valence-electron chi connectivity index (χ1n) is 5.94. The Morgan fingerprint density at radius 1 is 1.37 bits per heavy atom. The number of aryl methyl sites for hydroxylation is 2. The van der Waals surface area contributed by atoms with Crippen LogP contribution in [0.15, 0.2) is 24.3 Å². The molecule has 100 valence electrons. The maximum absolute atomic E-state index is 12.1. The average Bonchev–Trinajstić information content (AvgIpc) is 2.68. The summed E-state index contributed by atoms with van der Waals surface area (Å²) in [4.78, 5) is 18.2. The monoisotopic (exact) mass is 259 g/mol. The Hall–Kier alpha value is -2.37. The number of carbonyl (C=O) groups is 1. The van der Waals surface area contributed by atoms with Crippen molar-refractivity contribution >= 4 is 17.5 Å². The number of carbonyl (C=O) groups excluding carboxylic acids is 1. The number of aromatic nitrogens is 3. The van der Waals surface area contributed by atoms with Gasteiger partial charge in [0.15, 0.2) is 0 Å². The first kappa shape index (κ1) is 13.1. The SMILES string of the molecule is Cc1nc(NC(=O)c2cccc(N(C)C)c2)n(C)n1. The summed E-state index contributed by atoms with van der Waals surface area (Å²) in [5.74, 6) is 0.872. The van der Waals surface area contributed by atoms with E-state index in [4.69, 9.17) is 0 Å². The highest BCUT2D eigenvalue weighted by molar-refractivity contribution is 6.03. The van der Waals surface area contributed by atoms with E-state index < -0.39 is 0 Å². The van der Waals surface area contributed by atoms with Crippen molar-refractivity contribution in [2.75, 3.05) is 24.3 Å². The minimum absolute atomic E-state index is 0.195. The van der Waals surface area contributed by atoms with E-state index >= 15 is 0 Å². The van der Waals surface area contributed by atoms with Crippen LogP contribution in [0.4, 0.5) is 11.6 Å². The van der Waals surface area contributed by atoms with Crippen molar-refractivity contribution in [2.45, 2.75) is 6.92 Å². The second-order valence-corrected chi connectivity index (χ2v) is 4.51. The van der Waals surface area contributed by atoms with E-state index in [0.717, 1.165) is 5.69 Å². The largest absolute Gasteiger partial charge is 0.378 e. The molecular formula is C13H17N5O. The maximum Gasteiger partial charge on any atom is 0.258 e. The lowest BCUT2D eigenvalue weighted by Gasteiger charge is -2.13. The molecule has 19 heavy (non-hydrogen) atoms. The summed E-state index contributed by atoms with van der Waals surface area (Å²) in [5, 5.41) is 6.83. The predicted molar refractivity (Wildman–Crippen MR) is 74.5 cm³/mol. The lowest BCUT2D eigenvalue weighted by Crippen LogP contribution is -2.16. The van der Waals surface area contributed by atoms with E-state index in [-0.39, 0.29) is 5.91 Å². The third kappa shape index (κ3) is 2.90. The van der Waals surface area contributed by atoms with Gasteiger partial charge in [0.1, 0.15) is 5.82 Å². The van der Waals surface area contributed by atoms with E-state index in [9.17, 15) is 4.79 Å². The van der Waals surface area contributed by atoms with Gasteiger partial charge in [-0.2, -0.15) is 10.1 Å². The van der Waals surface area contributed by atoms with Crippen molar-refractivity contribution in [3.8, 4) is 0 Å². The molecule has 0 unspecified atom stereocenters. The Morgan fingerprint density at radius 2 is 2.11 bits per heavy atom. The molecule has 0 aliphatic carbocycles. The molecule has 1 aromatic heterocycles. The Kier molecular flexibility index (Phi) is 3.50. The zero-order chi connectivity index (χ0) is 14.0. The lowest BCUT2D eigenvalue weighted by atomic mass is 10.2. The van der Waals surface area contributed by atoms with Crippen LogP contribution in [0.5, 0.6) is 0 Å². The Labute approximate surface area is 112 Å². The number of anilines is 2. The molecule has 1 N–H and O–H groups in total. The number of amides is 1. The fourth-order valence-electron chi connectivity index (χ4n) is 1.72. The van der Waals surface area contributed by atoms with Crippen LogP contribution >= 0.6 is 0 Å². The molecule has 0 aliphatic heterocycles. The molecular weight excluding hydrogens is 242 g/mol. The summed E-state index contributed by atoms with van der Waals surface area (Å²) >= 11 is 0. The van der Waals surface area contributed by atoms with Gasteiger partial charge in [-0.05, 0) is 25.1 Å². The molecule has 0 spiro atoms. The van der Waals surface area contributed by atoms with Crippen LogP contribution in [0.1, 0.15) is 16.2 Å². The van der Waals surface area contributed by atoms with Crippen LogP contribution in [-0.4, -0.2) is 34.8 Å². The van der Waals surface area contributed by atoms with Crippen LogP contribution < -0.4 is 10.2 Å². The van der Waals surface area contributed by atoms with Gasteiger partial charge in [-0.3, -0.25) is 10.1 Å². The van der Waals surface area contributed by atoms with Crippen molar-refractivity contribution in [1.82, 2.24) is 14.8 Å². The van der Waals surface area contributed by atoms with Crippen molar-refractivity contribution in [1.29, 1.82) is 0 Å². The smallest absolute Gasteiger partial charge is 0.258 e. The number of nitrogens with zero attached hydrogens (tertiary/aromatic N) is 4. The maximum atomic E-state index is 12.1. The third-order valence-electron chi connectivity index (χ3n) is 2.72. The molecule has 1 aromatic carbocycles. The minimum atomic E-state index is -0.195. The van der Waals surface area contributed by atoms with E-state index in [1.165, 1.54) is 0 Å². The Bertz CT molecular complexity index is 603. The quantitative estimate of drug-likeness (QED) is 0.906. The fourth-order valence-corrected chi connectivity index (χ4v) is 1.72. The zero-order valence-electron chi connectivity index (χ0n) is 11.5. The van der Waals surface area contributed by atoms with Crippen molar-refractivity contribution in [3.05, 3.63) is 35.7 Å². The van der Waals surface area contributed by atoms with Gasteiger partial charge in [0, 0.05) is 32.4 Å². The van der Waals surface area contributed by atoms with Gasteiger partial charge < -0.3 is 4.90 Å². The lowest BCUT2D eigenvalue weighted by molar-refractivity contribution is 0.102. The van der Waals surface area contributed by atoms with Gasteiger partial charge in [-0.25, -0.2) is 4.68 Å². The summed E-state index contributed by atoms with van der Waals surface area (Å²) in [6, 6.07) is 7.40. The highest BCUT2D eigenvalue weighted by Gasteiger charge is 2.11. The summed E-state index contributed by atoms with van der Waals surface area (Å²) < 4.78 is 1.54. The molecule has 1 heterocycles. The van der Waals surface area contributed by atoms with Gasteiger partial charge in [0.05, 0.1) is 0 Å². The highest BCUT2D eigenvalue weighted by Crippen LogP contribution is 2.14. The van der Waals surface area contributed by atoms with Crippen LogP contribution in [0, 0.1) is 6.92 Å². The second kappa shape index (κ2) is 5.09. The highest BCUT2D eigenvalue weighted by atomic mass is 16.1. The number of benzene rings is 1. The molecule has 0 radical (unpaired) electrons. The van der Waals surface area contributed by atoms with Gasteiger partial charge in [0.25, 0.3) is 5.91 Å². The Balaban J connectivity index is 2.20. The van der Waals surface area contributed by atoms with Gasteiger partial charge in [0.2, 0.25) is 5.95 Å². The van der Waals surface area contributed by atoms with Crippen molar-refractivity contribution < 1.29 is 4.79 Å². The second-order valence-electron chi connectivity index (χ2n) is 4.51. The van der Waals surface area contributed by atoms with Gasteiger partial charge in [-0.15, -0.1) is 0 Å². The van der Waals surface area contributed by atoms with Crippen LogP contribution in [0.3, 0.4) is 0 Å². The summed E-state index contributed by atoms with van der Waals surface area (Å²) in [5.41, 5.74) is 1.56. The molecule has 0 saturated carbocycles. The van der Waals surface area contributed by atoms with Crippen LogP contribution in [0.25, 0.3) is 0 Å². The van der Waals surface area contributed by atoms with Gasteiger partial charge in [-0.1, -0.05) is 6.07 Å². The summed E-state index contributed by atoms with van der Waals surface area (Å²) in [6.07, 6.45) is 0. The molecule has 6 heteroatoms. The molecule has 6 nitrogen and oxygen atoms in total. The third-order valence-corrected chi connectivity index (χ3v) is 2.72. The predicted octanol–water partition coefficient (Wildman–Crippen LogP) is 1.44. The van der Waals surface area contributed by atoms with Crippen LogP contribution in [-0.2, 0) is 7.05 Å². The van der Waals surface area contributed by atoms with Crippen LogP contribution in [0.2, 0.25) is 0 Å². The normalized spacial score (nSPS) is 10.3. The molecule has 0 aliphatic rings. The van der Waals surface area contributed by atoms with Gasteiger partial charge >= 0.3 is 0 Å². The van der Waals surface area contributed by atoms with Crippen molar-refractivity contribution in [3.63, 3.8) is 0 Å². The molecule has 0 bridgehead atoms.